The van der Waals surface area contributed by atoms with Crippen molar-refractivity contribution in [3.05, 3.63) is 29.1 Å². The van der Waals surface area contributed by atoms with E-state index in [0.29, 0.717) is 5.56 Å². The lowest BCUT2D eigenvalue weighted by Gasteiger charge is -2.05. The molecule has 14 heavy (non-hydrogen) atoms. The normalized spacial score (nSPS) is 19.3. The molecule has 1 aromatic carbocycles. The van der Waals surface area contributed by atoms with Gasteiger partial charge in [0.1, 0.15) is 0 Å². The maximum Gasteiger partial charge on any atom is 0.203 e. The first-order chi connectivity index (χ1) is 6.65. The third kappa shape index (κ3) is 1.16. The smallest absolute Gasteiger partial charge is 0.203 e. The first kappa shape index (κ1) is 9.33. The molecule has 1 aliphatic heterocycles. The summed E-state index contributed by atoms with van der Waals surface area (Å²) in [5.41, 5.74) is 5.68. The van der Waals surface area contributed by atoms with Crippen LogP contribution >= 0.6 is 0 Å². The number of ether oxygens (including phenoxy) is 1. The fraction of sp³-hybridized carbons (Fsp3) is 0.333. The maximum absolute atomic E-state index is 13.1. The van der Waals surface area contributed by atoms with E-state index in [1.165, 1.54) is 0 Å². The predicted octanol–water partition coefficient (Wildman–Crippen LogP) is 1.54. The Bertz CT molecular complexity index is 381. The van der Waals surface area contributed by atoms with Crippen molar-refractivity contribution in [3.63, 3.8) is 0 Å². The molecule has 2 nitrogen and oxygen atoms in total. The summed E-state index contributed by atoms with van der Waals surface area (Å²) in [5.74, 6) is -4.43. The monoisotopic (exact) mass is 203 g/mol. The number of fused-ring (bicyclic) bond motifs is 1. The molecule has 0 aromatic heterocycles. The van der Waals surface area contributed by atoms with Crippen molar-refractivity contribution in [3.8, 4) is 5.75 Å². The Kier molecular flexibility index (Phi) is 2.11. The maximum atomic E-state index is 13.1. The zero-order chi connectivity index (χ0) is 10.3. The van der Waals surface area contributed by atoms with E-state index in [4.69, 9.17) is 10.5 Å². The van der Waals surface area contributed by atoms with Gasteiger partial charge >= 0.3 is 0 Å². The van der Waals surface area contributed by atoms with Crippen molar-refractivity contribution in [1.29, 1.82) is 0 Å². The molecule has 0 spiro atoms. The Morgan fingerprint density at radius 3 is 2.71 bits per heavy atom. The molecule has 0 fully saturated rings. The van der Waals surface area contributed by atoms with Crippen LogP contribution < -0.4 is 10.5 Å². The van der Waals surface area contributed by atoms with E-state index in [-0.39, 0.29) is 24.8 Å². The highest BCUT2D eigenvalue weighted by Gasteiger charge is 2.30. The van der Waals surface area contributed by atoms with Gasteiger partial charge in [0.05, 0.1) is 6.61 Å². The average molecular weight is 203 g/mol. The second kappa shape index (κ2) is 3.16. The van der Waals surface area contributed by atoms with Gasteiger partial charge in [-0.2, -0.15) is 4.39 Å². The van der Waals surface area contributed by atoms with Crippen LogP contribution in [0.1, 0.15) is 11.5 Å². The molecule has 5 heteroatoms. The highest BCUT2D eigenvalue weighted by molar-refractivity contribution is 5.42. The van der Waals surface area contributed by atoms with Crippen molar-refractivity contribution in [2.45, 2.75) is 5.92 Å². The molecule has 1 aromatic rings. The van der Waals surface area contributed by atoms with Gasteiger partial charge in [-0.1, -0.05) is 0 Å². The Hall–Kier alpha value is -1.23. The van der Waals surface area contributed by atoms with Crippen LogP contribution in [0.4, 0.5) is 13.2 Å². The van der Waals surface area contributed by atoms with Gasteiger partial charge in [0.25, 0.3) is 0 Å². The first-order valence-corrected chi connectivity index (χ1v) is 4.15. The number of halogens is 3. The Balaban J connectivity index is 2.58. The van der Waals surface area contributed by atoms with E-state index < -0.39 is 17.5 Å². The van der Waals surface area contributed by atoms with E-state index in [1.54, 1.807) is 0 Å². The number of hydrogen-bond acceptors (Lipinski definition) is 2. The Morgan fingerprint density at radius 1 is 1.36 bits per heavy atom. The zero-order valence-electron chi connectivity index (χ0n) is 7.19. The Labute approximate surface area is 78.5 Å². The van der Waals surface area contributed by atoms with Crippen molar-refractivity contribution in [2.75, 3.05) is 13.2 Å². The van der Waals surface area contributed by atoms with Crippen molar-refractivity contribution < 1.29 is 17.9 Å². The summed E-state index contributed by atoms with van der Waals surface area (Å²) >= 11 is 0. The van der Waals surface area contributed by atoms with Gasteiger partial charge in [0, 0.05) is 18.0 Å². The van der Waals surface area contributed by atoms with Crippen LogP contribution in [0.5, 0.6) is 5.75 Å². The summed E-state index contributed by atoms with van der Waals surface area (Å²) in [6.07, 6.45) is 0. The SMILES string of the molecule is NCC1COc2c1cc(F)c(F)c2F. The molecule has 0 saturated heterocycles. The fourth-order valence-corrected chi connectivity index (χ4v) is 1.52. The molecule has 0 radical (unpaired) electrons. The summed E-state index contributed by atoms with van der Waals surface area (Å²) in [4.78, 5) is 0. The van der Waals surface area contributed by atoms with Gasteiger partial charge < -0.3 is 10.5 Å². The standard InChI is InChI=1S/C9H8F3NO/c10-6-1-5-4(2-13)3-14-9(5)8(12)7(6)11/h1,4H,2-3,13H2. The molecule has 0 aliphatic carbocycles. The number of nitrogens with two attached hydrogens (primary N) is 1. The number of benzene rings is 1. The molecular weight excluding hydrogens is 195 g/mol. The highest BCUT2D eigenvalue weighted by Crippen LogP contribution is 2.37. The van der Waals surface area contributed by atoms with Gasteiger partial charge in [-0.3, -0.25) is 0 Å². The van der Waals surface area contributed by atoms with Crippen molar-refractivity contribution in [1.82, 2.24) is 0 Å². The van der Waals surface area contributed by atoms with E-state index in [9.17, 15) is 13.2 Å². The van der Waals surface area contributed by atoms with Gasteiger partial charge in [-0.05, 0) is 6.07 Å². The highest BCUT2D eigenvalue weighted by atomic mass is 19.2. The summed E-state index contributed by atoms with van der Waals surface area (Å²) in [6, 6.07) is 0.943. The van der Waals surface area contributed by atoms with Crippen LogP contribution in [0.15, 0.2) is 6.07 Å². The third-order valence-corrected chi connectivity index (χ3v) is 2.30. The first-order valence-electron chi connectivity index (χ1n) is 4.15. The third-order valence-electron chi connectivity index (χ3n) is 2.30. The molecule has 1 heterocycles. The molecule has 0 saturated carbocycles. The van der Waals surface area contributed by atoms with Crippen LogP contribution in [-0.2, 0) is 0 Å². The molecule has 76 valence electrons. The van der Waals surface area contributed by atoms with Crippen LogP contribution in [0.2, 0.25) is 0 Å². The number of hydrogen-bond donors (Lipinski definition) is 1. The van der Waals surface area contributed by atoms with E-state index in [1.807, 2.05) is 0 Å². The fourth-order valence-electron chi connectivity index (χ4n) is 1.52. The van der Waals surface area contributed by atoms with E-state index in [0.717, 1.165) is 6.07 Å². The van der Waals surface area contributed by atoms with E-state index >= 15 is 0 Å². The minimum Gasteiger partial charge on any atom is -0.489 e. The lowest BCUT2D eigenvalue weighted by Crippen LogP contribution is -2.13. The van der Waals surface area contributed by atoms with Crippen molar-refractivity contribution in [2.24, 2.45) is 5.73 Å². The summed E-state index contributed by atoms with van der Waals surface area (Å²) in [5, 5.41) is 0. The second-order valence-electron chi connectivity index (χ2n) is 3.15. The van der Waals surface area contributed by atoms with Gasteiger partial charge in [0.2, 0.25) is 5.82 Å². The average Bonchev–Trinajstić information content (AvgIpc) is 2.57. The minimum absolute atomic E-state index is 0.172. The second-order valence-corrected chi connectivity index (χ2v) is 3.15. The summed E-state index contributed by atoms with van der Waals surface area (Å²) < 4.78 is 43.6. The van der Waals surface area contributed by atoms with Crippen LogP contribution in [0.3, 0.4) is 0 Å². The topological polar surface area (TPSA) is 35.2 Å². The van der Waals surface area contributed by atoms with Crippen LogP contribution in [-0.4, -0.2) is 13.2 Å². The lowest BCUT2D eigenvalue weighted by atomic mass is 10.0. The molecule has 2 N–H and O–H groups in total. The summed E-state index contributed by atoms with van der Waals surface area (Å²) in [7, 11) is 0. The quantitative estimate of drug-likeness (QED) is 0.702. The lowest BCUT2D eigenvalue weighted by molar-refractivity contribution is 0.311. The van der Waals surface area contributed by atoms with Gasteiger partial charge in [-0.25, -0.2) is 8.78 Å². The summed E-state index contributed by atoms with van der Waals surface area (Å²) in [6.45, 7) is 0.392. The predicted molar refractivity (Wildman–Crippen MR) is 43.6 cm³/mol. The van der Waals surface area contributed by atoms with Crippen LogP contribution in [0, 0.1) is 17.5 Å². The van der Waals surface area contributed by atoms with E-state index in [2.05, 4.69) is 0 Å². The zero-order valence-corrected chi connectivity index (χ0v) is 7.19. The molecule has 0 bridgehead atoms. The molecule has 1 atom stereocenters. The molecule has 2 rings (SSSR count). The van der Waals surface area contributed by atoms with Gasteiger partial charge in [0.15, 0.2) is 17.4 Å². The molecule has 1 aliphatic rings. The number of rotatable bonds is 1. The molecule has 0 amide bonds. The van der Waals surface area contributed by atoms with Crippen LogP contribution in [0.25, 0.3) is 0 Å². The molecular formula is C9H8F3NO. The van der Waals surface area contributed by atoms with Crippen molar-refractivity contribution >= 4 is 0 Å². The minimum atomic E-state index is -1.50. The largest absolute Gasteiger partial charge is 0.489 e. The van der Waals surface area contributed by atoms with Gasteiger partial charge in [-0.15, -0.1) is 0 Å². The molecule has 1 unspecified atom stereocenters. The Morgan fingerprint density at radius 2 is 2.07 bits per heavy atom.